The minimum atomic E-state index is -0.699. The van der Waals surface area contributed by atoms with Gasteiger partial charge in [-0.25, -0.2) is 0 Å². The molecule has 7 heteroatoms. The molecule has 4 rings (SSSR count). The molecule has 0 saturated heterocycles. The van der Waals surface area contributed by atoms with Crippen molar-refractivity contribution >= 4 is 22.6 Å². The summed E-state index contributed by atoms with van der Waals surface area (Å²) < 4.78 is 5.84. The molecule has 2 aromatic carbocycles. The van der Waals surface area contributed by atoms with Gasteiger partial charge in [0.1, 0.15) is 5.58 Å². The third-order valence-electron chi connectivity index (χ3n) is 5.27. The van der Waals surface area contributed by atoms with E-state index in [1.54, 1.807) is 41.3 Å². The van der Waals surface area contributed by atoms with Crippen LogP contribution in [0, 0.1) is 10.1 Å². The summed E-state index contributed by atoms with van der Waals surface area (Å²) in [4.78, 5) is 38.8. The Morgan fingerprint density at radius 1 is 1.10 bits per heavy atom. The van der Waals surface area contributed by atoms with E-state index in [9.17, 15) is 19.7 Å². The van der Waals surface area contributed by atoms with Gasteiger partial charge in [0.25, 0.3) is 11.6 Å². The zero-order valence-electron chi connectivity index (χ0n) is 16.0. The first-order chi connectivity index (χ1) is 14.0. The van der Waals surface area contributed by atoms with Crippen LogP contribution in [0.5, 0.6) is 0 Å². The number of hydrogen-bond acceptors (Lipinski definition) is 5. The van der Waals surface area contributed by atoms with E-state index < -0.39 is 11.0 Å². The van der Waals surface area contributed by atoms with Crippen molar-refractivity contribution in [2.45, 2.75) is 32.2 Å². The van der Waals surface area contributed by atoms with Gasteiger partial charge in [-0.05, 0) is 24.1 Å². The molecule has 1 aromatic heterocycles. The molecule has 1 aliphatic heterocycles. The molecular formula is C22H20N2O5. The highest BCUT2D eigenvalue weighted by molar-refractivity contribution is 5.99. The number of amides is 1. The molecule has 0 N–H and O–H groups in total. The number of rotatable bonds is 6. The van der Waals surface area contributed by atoms with E-state index in [-0.39, 0.29) is 28.3 Å². The summed E-state index contributed by atoms with van der Waals surface area (Å²) in [5.74, 6) is -0.322. The van der Waals surface area contributed by atoms with E-state index in [4.69, 9.17) is 4.42 Å². The second-order valence-corrected chi connectivity index (χ2v) is 7.13. The Morgan fingerprint density at radius 2 is 1.90 bits per heavy atom. The number of hydrogen-bond donors (Lipinski definition) is 0. The Kier molecular flexibility index (Phi) is 4.88. The van der Waals surface area contributed by atoms with Crippen LogP contribution in [0.4, 0.5) is 5.69 Å². The number of non-ortho nitro benzene ring substituents is 1. The van der Waals surface area contributed by atoms with Crippen LogP contribution in [0.25, 0.3) is 11.0 Å². The van der Waals surface area contributed by atoms with Crippen molar-refractivity contribution < 1.29 is 14.1 Å². The molecular weight excluding hydrogens is 372 g/mol. The van der Waals surface area contributed by atoms with Crippen LogP contribution in [-0.2, 0) is 0 Å². The van der Waals surface area contributed by atoms with Crippen molar-refractivity contribution in [3.8, 4) is 0 Å². The van der Waals surface area contributed by atoms with E-state index in [1.165, 1.54) is 12.1 Å². The van der Waals surface area contributed by atoms with E-state index in [1.807, 2.05) is 0 Å². The number of unbranched alkanes of at least 4 members (excludes halogenated alkanes) is 2. The third-order valence-corrected chi connectivity index (χ3v) is 5.27. The van der Waals surface area contributed by atoms with Gasteiger partial charge in [-0.15, -0.1) is 0 Å². The Hall–Kier alpha value is -3.48. The van der Waals surface area contributed by atoms with Crippen LogP contribution in [0.3, 0.4) is 0 Å². The molecule has 2 heterocycles. The average molecular weight is 392 g/mol. The van der Waals surface area contributed by atoms with Crippen LogP contribution in [0.2, 0.25) is 0 Å². The molecule has 0 bridgehead atoms. The lowest BCUT2D eigenvalue weighted by Crippen LogP contribution is -2.30. The normalized spacial score (nSPS) is 15.7. The van der Waals surface area contributed by atoms with E-state index in [2.05, 4.69) is 6.92 Å². The molecule has 1 aliphatic rings. The Labute approximate surface area is 166 Å². The lowest BCUT2D eigenvalue weighted by atomic mass is 9.98. The predicted octanol–water partition coefficient (Wildman–Crippen LogP) is 4.44. The molecule has 0 radical (unpaired) electrons. The lowest BCUT2D eigenvalue weighted by molar-refractivity contribution is -0.384. The van der Waals surface area contributed by atoms with Gasteiger partial charge in [0.2, 0.25) is 5.76 Å². The summed E-state index contributed by atoms with van der Waals surface area (Å²) in [6.45, 7) is 2.51. The first kappa shape index (κ1) is 18.9. The van der Waals surface area contributed by atoms with Gasteiger partial charge in [-0.3, -0.25) is 19.7 Å². The molecule has 148 valence electrons. The number of carbonyl (C=O) groups is 1. The highest BCUT2D eigenvalue weighted by atomic mass is 16.6. The number of benzene rings is 2. The number of para-hydroxylation sites is 1. The van der Waals surface area contributed by atoms with Crippen molar-refractivity contribution in [3.05, 3.63) is 85.8 Å². The average Bonchev–Trinajstić information content (AvgIpc) is 3.01. The molecule has 0 aliphatic carbocycles. The fourth-order valence-corrected chi connectivity index (χ4v) is 3.88. The molecule has 0 saturated carbocycles. The summed E-state index contributed by atoms with van der Waals surface area (Å²) in [6.07, 6.45) is 2.69. The molecule has 7 nitrogen and oxygen atoms in total. The predicted molar refractivity (Wildman–Crippen MR) is 108 cm³/mol. The standard InChI is InChI=1S/C22H20N2O5/c1-2-3-6-12-23-19(14-8-7-9-15(13-14)24(27)28)18-20(25)16-10-4-5-11-17(16)29-21(18)22(23)26/h4-5,7-11,13,19H,2-3,6,12H2,1H3. The van der Waals surface area contributed by atoms with Crippen molar-refractivity contribution in [2.24, 2.45) is 0 Å². The zero-order valence-corrected chi connectivity index (χ0v) is 16.0. The fourth-order valence-electron chi connectivity index (χ4n) is 3.88. The Balaban J connectivity index is 1.92. The van der Waals surface area contributed by atoms with Gasteiger partial charge in [0, 0.05) is 18.7 Å². The van der Waals surface area contributed by atoms with Crippen LogP contribution in [0.15, 0.2) is 57.7 Å². The monoisotopic (exact) mass is 392 g/mol. The van der Waals surface area contributed by atoms with Crippen molar-refractivity contribution in [1.82, 2.24) is 4.90 Å². The van der Waals surface area contributed by atoms with Gasteiger partial charge in [0.15, 0.2) is 5.43 Å². The largest absolute Gasteiger partial charge is 0.450 e. The molecule has 0 fully saturated rings. The van der Waals surface area contributed by atoms with Crippen molar-refractivity contribution in [1.29, 1.82) is 0 Å². The fraction of sp³-hybridized carbons (Fsp3) is 0.273. The minimum absolute atomic E-state index is 0.0294. The summed E-state index contributed by atoms with van der Waals surface area (Å²) in [6, 6.07) is 12.2. The van der Waals surface area contributed by atoms with Crippen molar-refractivity contribution in [2.75, 3.05) is 6.54 Å². The van der Waals surface area contributed by atoms with Gasteiger partial charge in [0.05, 0.1) is 21.9 Å². The molecule has 3 aromatic rings. The highest BCUT2D eigenvalue weighted by Crippen LogP contribution is 2.39. The molecule has 0 spiro atoms. The maximum absolute atomic E-state index is 13.3. The summed E-state index contributed by atoms with van der Waals surface area (Å²) in [5, 5.41) is 11.7. The molecule has 1 amide bonds. The van der Waals surface area contributed by atoms with Crippen LogP contribution in [0.1, 0.15) is 53.9 Å². The highest BCUT2D eigenvalue weighted by Gasteiger charge is 2.42. The second-order valence-electron chi connectivity index (χ2n) is 7.13. The first-order valence-corrected chi connectivity index (χ1v) is 9.64. The summed E-state index contributed by atoms with van der Waals surface area (Å²) >= 11 is 0. The SMILES string of the molecule is CCCCCN1C(=O)c2oc3ccccc3c(=O)c2C1c1cccc([N+](=O)[O-])c1. The molecule has 29 heavy (non-hydrogen) atoms. The number of carbonyl (C=O) groups excluding carboxylic acids is 1. The van der Waals surface area contributed by atoms with E-state index in [0.29, 0.717) is 23.1 Å². The van der Waals surface area contributed by atoms with Gasteiger partial charge in [-0.2, -0.15) is 0 Å². The van der Waals surface area contributed by atoms with Crippen LogP contribution in [-0.4, -0.2) is 22.3 Å². The van der Waals surface area contributed by atoms with Gasteiger partial charge in [-0.1, -0.05) is 44.0 Å². The van der Waals surface area contributed by atoms with Gasteiger partial charge < -0.3 is 9.32 Å². The smallest absolute Gasteiger partial charge is 0.290 e. The number of nitrogens with zero attached hydrogens (tertiary/aromatic N) is 2. The van der Waals surface area contributed by atoms with Crippen molar-refractivity contribution in [3.63, 3.8) is 0 Å². The summed E-state index contributed by atoms with van der Waals surface area (Å²) in [7, 11) is 0. The minimum Gasteiger partial charge on any atom is -0.450 e. The quantitative estimate of drug-likeness (QED) is 0.351. The molecule has 1 atom stereocenters. The van der Waals surface area contributed by atoms with Crippen LogP contribution < -0.4 is 5.43 Å². The maximum Gasteiger partial charge on any atom is 0.290 e. The summed E-state index contributed by atoms with van der Waals surface area (Å²) in [5.41, 5.74) is 0.792. The third kappa shape index (κ3) is 3.18. The van der Waals surface area contributed by atoms with E-state index >= 15 is 0 Å². The zero-order chi connectivity index (χ0) is 20.5. The van der Waals surface area contributed by atoms with E-state index in [0.717, 1.165) is 19.3 Å². The number of nitro benzene ring substituents is 1. The molecule has 1 unspecified atom stereocenters. The maximum atomic E-state index is 13.3. The number of fused-ring (bicyclic) bond motifs is 2. The Bertz CT molecular complexity index is 1170. The van der Waals surface area contributed by atoms with Gasteiger partial charge >= 0.3 is 0 Å². The second kappa shape index (κ2) is 7.50. The first-order valence-electron chi connectivity index (χ1n) is 9.64. The lowest BCUT2D eigenvalue weighted by Gasteiger charge is -2.25. The van der Waals surface area contributed by atoms with Crippen LogP contribution >= 0.6 is 0 Å². The number of nitro groups is 1. The Morgan fingerprint density at radius 3 is 2.66 bits per heavy atom. The topological polar surface area (TPSA) is 93.7 Å².